The lowest BCUT2D eigenvalue weighted by molar-refractivity contribution is -0.125. The summed E-state index contributed by atoms with van der Waals surface area (Å²) < 4.78 is 6.18. The summed E-state index contributed by atoms with van der Waals surface area (Å²) in [6.45, 7) is 3.80. The first-order valence-corrected chi connectivity index (χ1v) is 10.2. The first kappa shape index (κ1) is 17.0. The van der Waals surface area contributed by atoms with Gasteiger partial charge in [0, 0.05) is 24.3 Å². The van der Waals surface area contributed by atoms with E-state index in [1.165, 1.54) is 22.3 Å². The summed E-state index contributed by atoms with van der Waals surface area (Å²) in [6, 6.07) is 15.3. The Bertz CT molecular complexity index is 875. The van der Waals surface area contributed by atoms with Crippen LogP contribution in [0.1, 0.15) is 47.9 Å². The number of benzene rings is 2. The Morgan fingerprint density at radius 3 is 2.93 bits per heavy atom. The van der Waals surface area contributed by atoms with Gasteiger partial charge in [-0.05, 0) is 73.0 Å². The lowest BCUT2D eigenvalue weighted by Crippen LogP contribution is -2.60. The average Bonchev–Trinajstić information content (AvgIpc) is 2.67. The van der Waals surface area contributed by atoms with E-state index in [-0.39, 0.29) is 5.41 Å². The van der Waals surface area contributed by atoms with Gasteiger partial charge < -0.3 is 10.1 Å². The van der Waals surface area contributed by atoms with Gasteiger partial charge in [-0.1, -0.05) is 30.3 Å². The van der Waals surface area contributed by atoms with E-state index in [1.54, 1.807) is 0 Å². The molecule has 0 aromatic heterocycles. The Kier molecular flexibility index (Phi) is 4.08. The molecular weight excluding hydrogens is 334 g/mol. The molecule has 140 valence electrons. The van der Waals surface area contributed by atoms with Crippen molar-refractivity contribution in [3.63, 3.8) is 0 Å². The van der Waals surface area contributed by atoms with Crippen LogP contribution < -0.4 is 10.1 Å². The molecule has 0 radical (unpaired) electrons. The maximum Gasteiger partial charge on any atom is 0.133 e. The first-order valence-electron chi connectivity index (χ1n) is 10.2. The topological polar surface area (TPSA) is 38.3 Å². The fourth-order valence-corrected chi connectivity index (χ4v) is 5.83. The van der Waals surface area contributed by atoms with Crippen LogP contribution in [0.5, 0.6) is 5.75 Å². The average molecular weight is 361 g/mol. The summed E-state index contributed by atoms with van der Waals surface area (Å²) in [5, 5.41) is 3.75. The minimum atomic E-state index is 0.0235. The summed E-state index contributed by atoms with van der Waals surface area (Å²) in [5.74, 6) is 1.96. The maximum absolute atomic E-state index is 12.5. The number of carbonyl (C=O) groups is 1. The number of hydrogen-bond donors (Lipinski definition) is 1. The highest BCUT2D eigenvalue weighted by atomic mass is 16.5. The van der Waals surface area contributed by atoms with Crippen LogP contribution >= 0.6 is 0 Å². The highest BCUT2D eigenvalue weighted by molar-refractivity contribution is 5.81. The molecule has 5 rings (SSSR count). The molecule has 2 aromatic carbocycles. The number of fused-ring (bicyclic) bond motifs is 1. The predicted molar refractivity (Wildman–Crippen MR) is 106 cm³/mol. The van der Waals surface area contributed by atoms with Gasteiger partial charge in [-0.25, -0.2) is 0 Å². The Morgan fingerprint density at radius 1 is 1.22 bits per heavy atom. The molecule has 1 N–H and O–H groups in total. The summed E-state index contributed by atoms with van der Waals surface area (Å²) in [7, 11) is 0. The monoisotopic (exact) mass is 361 g/mol. The van der Waals surface area contributed by atoms with Gasteiger partial charge in [0.2, 0.25) is 0 Å². The Hall–Kier alpha value is -2.13. The first-order chi connectivity index (χ1) is 13.2. The molecule has 3 nitrogen and oxygen atoms in total. The fourth-order valence-electron chi connectivity index (χ4n) is 5.83. The van der Waals surface area contributed by atoms with Crippen LogP contribution in [0.4, 0.5) is 0 Å². The van der Waals surface area contributed by atoms with Crippen molar-refractivity contribution in [3.05, 3.63) is 64.7 Å². The van der Waals surface area contributed by atoms with Gasteiger partial charge in [-0.2, -0.15) is 0 Å². The van der Waals surface area contributed by atoms with Crippen LogP contribution in [0.3, 0.4) is 0 Å². The van der Waals surface area contributed by atoms with E-state index in [0.717, 1.165) is 38.0 Å². The normalized spacial score (nSPS) is 29.0. The second kappa shape index (κ2) is 6.49. The minimum Gasteiger partial charge on any atom is -0.489 e. The molecule has 0 unspecified atom stereocenters. The number of ketones is 1. The standard InChI is InChI=1S/C24H27NO2/c1-16-11-19(27-15-17-5-3-2-4-6-17)12-22-20(16)13-23-21-8-7-18(26)14-24(21,22)9-10-25-23/h2-6,11-12,21,23,25H,7-10,13-15H2,1H3/t21-,23+,24-/m0/s1. The molecular formula is C24H27NO2. The van der Waals surface area contributed by atoms with Gasteiger partial charge in [0.05, 0.1) is 0 Å². The molecule has 1 aliphatic heterocycles. The largest absolute Gasteiger partial charge is 0.489 e. The molecule has 3 aliphatic rings. The number of aryl methyl sites for hydroxylation is 1. The van der Waals surface area contributed by atoms with E-state index >= 15 is 0 Å². The third-order valence-electron chi connectivity index (χ3n) is 7.08. The van der Waals surface area contributed by atoms with Crippen LogP contribution in [0.2, 0.25) is 0 Å². The van der Waals surface area contributed by atoms with E-state index < -0.39 is 0 Å². The number of Topliss-reactive ketones (excluding diaryl/α,β-unsaturated/α-hetero) is 1. The molecule has 0 amide bonds. The van der Waals surface area contributed by atoms with Gasteiger partial charge in [0.1, 0.15) is 18.1 Å². The van der Waals surface area contributed by atoms with Crippen LogP contribution in [0.25, 0.3) is 0 Å². The van der Waals surface area contributed by atoms with Crippen molar-refractivity contribution in [3.8, 4) is 5.75 Å². The smallest absolute Gasteiger partial charge is 0.133 e. The van der Waals surface area contributed by atoms with Crippen molar-refractivity contribution in [2.24, 2.45) is 5.92 Å². The summed E-state index contributed by atoms with van der Waals surface area (Å²) in [4.78, 5) is 12.5. The Balaban J connectivity index is 1.53. The van der Waals surface area contributed by atoms with E-state index in [9.17, 15) is 4.79 Å². The van der Waals surface area contributed by atoms with Gasteiger partial charge in [-0.15, -0.1) is 0 Å². The van der Waals surface area contributed by atoms with E-state index in [2.05, 4.69) is 36.5 Å². The zero-order valence-corrected chi connectivity index (χ0v) is 16.0. The summed E-state index contributed by atoms with van der Waals surface area (Å²) >= 11 is 0. The number of carbonyl (C=O) groups excluding carboxylic acids is 1. The molecule has 2 aliphatic carbocycles. The third-order valence-corrected chi connectivity index (χ3v) is 7.08. The van der Waals surface area contributed by atoms with Crippen molar-refractivity contribution in [2.75, 3.05) is 6.54 Å². The Labute approximate surface area is 161 Å². The molecule has 2 fully saturated rings. The highest BCUT2D eigenvalue weighted by Crippen LogP contribution is 2.54. The molecule has 1 heterocycles. The fraction of sp³-hybridized carbons (Fsp3) is 0.458. The minimum absolute atomic E-state index is 0.0235. The van der Waals surface area contributed by atoms with Crippen molar-refractivity contribution in [1.29, 1.82) is 0 Å². The lowest BCUT2D eigenvalue weighted by atomic mass is 9.52. The highest BCUT2D eigenvalue weighted by Gasteiger charge is 2.53. The second-order valence-corrected chi connectivity index (χ2v) is 8.57. The second-order valence-electron chi connectivity index (χ2n) is 8.57. The van der Waals surface area contributed by atoms with Crippen molar-refractivity contribution >= 4 is 5.78 Å². The van der Waals surface area contributed by atoms with Crippen molar-refractivity contribution in [1.82, 2.24) is 5.32 Å². The number of piperidine rings is 1. The lowest BCUT2D eigenvalue weighted by Gasteiger charge is -2.55. The summed E-state index contributed by atoms with van der Waals surface area (Å²) in [5.41, 5.74) is 5.36. The number of ether oxygens (including phenoxy) is 1. The number of nitrogens with one attached hydrogen (secondary N) is 1. The van der Waals surface area contributed by atoms with E-state index in [1.807, 2.05) is 18.2 Å². The van der Waals surface area contributed by atoms with Crippen LogP contribution in [0, 0.1) is 12.8 Å². The zero-order chi connectivity index (χ0) is 18.4. The molecule has 2 aromatic rings. The van der Waals surface area contributed by atoms with Crippen molar-refractivity contribution < 1.29 is 9.53 Å². The van der Waals surface area contributed by atoms with Crippen molar-refractivity contribution in [2.45, 2.75) is 57.1 Å². The van der Waals surface area contributed by atoms with E-state index in [4.69, 9.17) is 4.74 Å². The maximum atomic E-state index is 12.5. The molecule has 3 atom stereocenters. The summed E-state index contributed by atoms with van der Waals surface area (Å²) in [6.07, 6.45) is 4.65. The van der Waals surface area contributed by atoms with Crippen LogP contribution in [-0.2, 0) is 23.2 Å². The molecule has 1 saturated carbocycles. The SMILES string of the molecule is Cc1cc(OCc2ccccc2)cc2c1C[C@H]1NCC[C@@]23CC(=O)CC[C@@H]13. The Morgan fingerprint density at radius 2 is 2.07 bits per heavy atom. The molecule has 1 saturated heterocycles. The molecule has 0 spiro atoms. The van der Waals surface area contributed by atoms with Gasteiger partial charge >= 0.3 is 0 Å². The quantitative estimate of drug-likeness (QED) is 0.894. The van der Waals surface area contributed by atoms with Gasteiger partial charge in [0.25, 0.3) is 0 Å². The van der Waals surface area contributed by atoms with Crippen LogP contribution in [0.15, 0.2) is 42.5 Å². The van der Waals surface area contributed by atoms with Gasteiger partial charge in [-0.3, -0.25) is 4.79 Å². The van der Waals surface area contributed by atoms with Crippen LogP contribution in [-0.4, -0.2) is 18.4 Å². The molecule has 3 heteroatoms. The third kappa shape index (κ3) is 2.80. The zero-order valence-electron chi connectivity index (χ0n) is 16.0. The molecule has 27 heavy (non-hydrogen) atoms. The molecule has 2 bridgehead atoms. The van der Waals surface area contributed by atoms with E-state index in [0.29, 0.717) is 30.8 Å². The predicted octanol–water partition coefficient (Wildman–Crippen LogP) is 4.10. The number of rotatable bonds is 3. The number of hydrogen-bond acceptors (Lipinski definition) is 3. The van der Waals surface area contributed by atoms with Gasteiger partial charge in [0.15, 0.2) is 0 Å².